The van der Waals surface area contributed by atoms with Gasteiger partial charge in [0.15, 0.2) is 5.84 Å². The summed E-state index contributed by atoms with van der Waals surface area (Å²) in [6.07, 6.45) is 1.74. The van der Waals surface area contributed by atoms with Crippen LogP contribution in [0.2, 0.25) is 0 Å². The van der Waals surface area contributed by atoms with Crippen LogP contribution in [-0.4, -0.2) is 21.6 Å². The van der Waals surface area contributed by atoms with Crippen LogP contribution in [0.25, 0.3) is 0 Å². The van der Waals surface area contributed by atoms with Gasteiger partial charge < -0.3 is 5.43 Å². The first-order valence-corrected chi connectivity index (χ1v) is 4.51. The number of H-pyrrole nitrogens is 1. The van der Waals surface area contributed by atoms with E-state index < -0.39 is 0 Å². The van der Waals surface area contributed by atoms with Crippen LogP contribution in [0.5, 0.6) is 0 Å². The van der Waals surface area contributed by atoms with E-state index in [0.717, 1.165) is 11.3 Å². The minimum absolute atomic E-state index is 0.167. The summed E-state index contributed by atoms with van der Waals surface area (Å²) in [5.41, 5.74) is 4.27. The summed E-state index contributed by atoms with van der Waals surface area (Å²) in [7, 11) is 0. The summed E-state index contributed by atoms with van der Waals surface area (Å²) in [4.78, 5) is 4.44. The second-order valence-corrected chi connectivity index (χ2v) is 4.20. The Morgan fingerprint density at radius 2 is 2.21 bits per heavy atom. The number of aromatic nitrogens is 2. The molecule has 0 amide bonds. The molecule has 0 aromatic carbocycles. The number of aromatic amines is 1. The predicted molar refractivity (Wildman–Crippen MR) is 56.9 cm³/mol. The van der Waals surface area contributed by atoms with Gasteiger partial charge >= 0.3 is 0 Å². The SMILES string of the molecule is Cc1cn[nH]c1C(=NC(C)(C)C)NN. The van der Waals surface area contributed by atoms with Crippen LogP contribution >= 0.6 is 0 Å². The smallest absolute Gasteiger partial charge is 0.161 e. The minimum Gasteiger partial charge on any atom is -0.307 e. The molecular weight excluding hydrogens is 178 g/mol. The van der Waals surface area contributed by atoms with E-state index >= 15 is 0 Å². The molecule has 14 heavy (non-hydrogen) atoms. The van der Waals surface area contributed by atoms with Gasteiger partial charge in [0.2, 0.25) is 0 Å². The summed E-state index contributed by atoms with van der Waals surface area (Å²) >= 11 is 0. The number of hydrogen-bond donors (Lipinski definition) is 3. The highest BCUT2D eigenvalue weighted by Crippen LogP contribution is 2.10. The summed E-state index contributed by atoms with van der Waals surface area (Å²) in [5.74, 6) is 6.04. The molecule has 1 aromatic heterocycles. The third-order valence-electron chi connectivity index (χ3n) is 1.65. The summed E-state index contributed by atoms with van der Waals surface area (Å²) in [6.45, 7) is 7.98. The lowest BCUT2D eigenvalue weighted by Crippen LogP contribution is -2.34. The van der Waals surface area contributed by atoms with Gasteiger partial charge in [0.25, 0.3) is 0 Å². The summed E-state index contributed by atoms with van der Waals surface area (Å²) in [6, 6.07) is 0. The standard InChI is InChI=1S/C9H17N5/c1-6-5-11-14-7(6)8(13-10)12-9(2,3)4/h5H,10H2,1-4H3,(H,11,14)(H,12,13). The number of amidine groups is 1. The van der Waals surface area contributed by atoms with Crippen molar-refractivity contribution in [3.05, 3.63) is 17.5 Å². The molecule has 78 valence electrons. The van der Waals surface area contributed by atoms with E-state index in [1.54, 1.807) is 6.20 Å². The van der Waals surface area contributed by atoms with Gasteiger partial charge in [0.1, 0.15) is 5.69 Å². The Bertz CT molecular complexity index is 331. The lowest BCUT2D eigenvalue weighted by molar-refractivity contribution is 0.579. The van der Waals surface area contributed by atoms with Gasteiger partial charge in [-0.05, 0) is 33.3 Å². The van der Waals surface area contributed by atoms with Crippen molar-refractivity contribution in [1.29, 1.82) is 0 Å². The van der Waals surface area contributed by atoms with Crippen molar-refractivity contribution in [1.82, 2.24) is 15.6 Å². The third kappa shape index (κ3) is 2.56. The van der Waals surface area contributed by atoms with Crippen LogP contribution in [0.4, 0.5) is 0 Å². The molecule has 1 aromatic rings. The van der Waals surface area contributed by atoms with Crippen molar-refractivity contribution in [2.45, 2.75) is 33.2 Å². The van der Waals surface area contributed by atoms with Crippen LogP contribution in [0.1, 0.15) is 32.0 Å². The number of aliphatic imine (C=N–C) groups is 1. The maximum Gasteiger partial charge on any atom is 0.161 e. The molecule has 0 fully saturated rings. The first-order chi connectivity index (χ1) is 6.44. The molecule has 0 aliphatic heterocycles. The van der Waals surface area contributed by atoms with Crippen LogP contribution in [-0.2, 0) is 0 Å². The zero-order chi connectivity index (χ0) is 10.8. The van der Waals surface area contributed by atoms with Gasteiger partial charge in [-0.2, -0.15) is 5.10 Å². The largest absolute Gasteiger partial charge is 0.307 e. The second kappa shape index (κ2) is 3.79. The number of nitrogens with one attached hydrogen (secondary N) is 2. The van der Waals surface area contributed by atoms with E-state index in [9.17, 15) is 0 Å². The van der Waals surface area contributed by atoms with E-state index in [1.807, 2.05) is 27.7 Å². The molecule has 0 atom stereocenters. The van der Waals surface area contributed by atoms with E-state index in [0.29, 0.717) is 5.84 Å². The van der Waals surface area contributed by atoms with E-state index in [2.05, 4.69) is 20.6 Å². The van der Waals surface area contributed by atoms with E-state index in [1.165, 1.54) is 0 Å². The Kier molecular flexibility index (Phi) is 2.90. The summed E-state index contributed by atoms with van der Waals surface area (Å²) in [5, 5.41) is 6.77. The van der Waals surface area contributed by atoms with Gasteiger partial charge in [-0.25, -0.2) is 5.84 Å². The Balaban J connectivity index is 3.05. The zero-order valence-corrected chi connectivity index (χ0v) is 9.05. The predicted octanol–water partition coefficient (Wildman–Crippen LogP) is 0.727. The lowest BCUT2D eigenvalue weighted by Gasteiger charge is -2.15. The fourth-order valence-electron chi connectivity index (χ4n) is 1.08. The monoisotopic (exact) mass is 195 g/mol. The number of hydrazine groups is 1. The summed E-state index contributed by atoms with van der Waals surface area (Å²) < 4.78 is 0. The van der Waals surface area contributed by atoms with Crippen molar-refractivity contribution in [2.75, 3.05) is 0 Å². The topological polar surface area (TPSA) is 79.1 Å². The number of hydrogen-bond acceptors (Lipinski definition) is 3. The van der Waals surface area contributed by atoms with Crippen molar-refractivity contribution >= 4 is 5.84 Å². The molecule has 0 aliphatic rings. The van der Waals surface area contributed by atoms with Crippen molar-refractivity contribution < 1.29 is 0 Å². The highest BCUT2D eigenvalue weighted by atomic mass is 15.3. The van der Waals surface area contributed by atoms with Gasteiger partial charge in [-0.15, -0.1) is 0 Å². The molecular formula is C9H17N5. The highest BCUT2D eigenvalue weighted by molar-refractivity contribution is 5.98. The Morgan fingerprint density at radius 3 is 2.57 bits per heavy atom. The molecule has 0 aliphatic carbocycles. The number of rotatable bonds is 1. The molecule has 0 radical (unpaired) electrons. The minimum atomic E-state index is -0.167. The molecule has 0 bridgehead atoms. The normalized spacial score (nSPS) is 13.1. The fraction of sp³-hybridized carbons (Fsp3) is 0.556. The maximum absolute atomic E-state index is 5.41. The molecule has 0 saturated carbocycles. The Hall–Kier alpha value is -1.36. The fourth-order valence-corrected chi connectivity index (χ4v) is 1.08. The third-order valence-corrected chi connectivity index (χ3v) is 1.65. The van der Waals surface area contributed by atoms with Crippen molar-refractivity contribution in [3.8, 4) is 0 Å². The lowest BCUT2D eigenvalue weighted by atomic mass is 10.1. The Morgan fingerprint density at radius 1 is 1.57 bits per heavy atom. The van der Waals surface area contributed by atoms with Gasteiger partial charge in [0, 0.05) is 0 Å². The van der Waals surface area contributed by atoms with Crippen LogP contribution in [0.15, 0.2) is 11.2 Å². The van der Waals surface area contributed by atoms with Crippen molar-refractivity contribution in [3.63, 3.8) is 0 Å². The molecule has 0 spiro atoms. The van der Waals surface area contributed by atoms with Gasteiger partial charge in [-0.1, -0.05) is 0 Å². The van der Waals surface area contributed by atoms with Gasteiger partial charge in [-0.3, -0.25) is 10.1 Å². The number of nitrogens with zero attached hydrogens (tertiary/aromatic N) is 2. The maximum atomic E-state index is 5.41. The molecule has 0 saturated heterocycles. The number of nitrogens with two attached hydrogens (primary N) is 1. The van der Waals surface area contributed by atoms with Crippen molar-refractivity contribution in [2.24, 2.45) is 10.8 Å². The molecule has 5 nitrogen and oxygen atoms in total. The van der Waals surface area contributed by atoms with Crippen LogP contribution in [0.3, 0.4) is 0 Å². The van der Waals surface area contributed by atoms with E-state index in [-0.39, 0.29) is 5.54 Å². The van der Waals surface area contributed by atoms with E-state index in [4.69, 9.17) is 5.84 Å². The first-order valence-electron chi connectivity index (χ1n) is 4.51. The highest BCUT2D eigenvalue weighted by Gasteiger charge is 2.13. The average Bonchev–Trinajstić information content (AvgIpc) is 2.45. The zero-order valence-electron chi connectivity index (χ0n) is 9.05. The molecule has 1 rings (SSSR count). The molecule has 1 heterocycles. The molecule has 4 N–H and O–H groups in total. The molecule has 5 heteroatoms. The van der Waals surface area contributed by atoms with Crippen LogP contribution in [0, 0.1) is 6.92 Å². The van der Waals surface area contributed by atoms with Crippen LogP contribution < -0.4 is 11.3 Å². The Labute approximate surface area is 83.8 Å². The average molecular weight is 195 g/mol. The molecule has 0 unspecified atom stereocenters. The first kappa shape index (κ1) is 10.7. The number of aryl methyl sites for hydroxylation is 1. The quantitative estimate of drug-likeness (QED) is 0.267. The second-order valence-electron chi connectivity index (χ2n) is 4.20. The van der Waals surface area contributed by atoms with Gasteiger partial charge in [0.05, 0.1) is 11.7 Å².